The van der Waals surface area contributed by atoms with Gasteiger partial charge in [-0.15, -0.1) is 0 Å². The number of benzene rings is 1. The Balaban J connectivity index is 2.31. The van der Waals surface area contributed by atoms with Crippen molar-refractivity contribution < 1.29 is 22.3 Å². The molecular formula is C13H14BrNO5S. The van der Waals surface area contributed by atoms with Gasteiger partial charge in [-0.1, -0.05) is 0 Å². The van der Waals surface area contributed by atoms with E-state index in [1.54, 1.807) is 18.2 Å². The lowest BCUT2D eigenvalue weighted by molar-refractivity contribution is 0.353. The molecule has 8 heteroatoms. The Morgan fingerprint density at radius 3 is 2.48 bits per heavy atom. The van der Waals surface area contributed by atoms with Crippen molar-refractivity contribution in [3.05, 3.63) is 40.8 Å². The van der Waals surface area contributed by atoms with Crippen LogP contribution in [-0.4, -0.2) is 22.6 Å². The van der Waals surface area contributed by atoms with Crippen LogP contribution in [0.25, 0.3) is 0 Å². The maximum Gasteiger partial charge on any atom is 0.242 e. The predicted molar refractivity (Wildman–Crippen MR) is 80.0 cm³/mol. The molecule has 0 aliphatic heterocycles. The molecule has 1 aromatic carbocycles. The van der Waals surface area contributed by atoms with Crippen molar-refractivity contribution in [2.75, 3.05) is 14.2 Å². The van der Waals surface area contributed by atoms with Crippen LogP contribution in [0.5, 0.6) is 11.5 Å². The highest BCUT2D eigenvalue weighted by atomic mass is 79.9. The van der Waals surface area contributed by atoms with E-state index in [1.165, 1.54) is 26.5 Å². The van der Waals surface area contributed by atoms with E-state index in [2.05, 4.69) is 20.7 Å². The lowest BCUT2D eigenvalue weighted by Crippen LogP contribution is -2.23. The number of halogens is 1. The zero-order valence-corrected chi connectivity index (χ0v) is 13.8. The minimum absolute atomic E-state index is 0.0618. The van der Waals surface area contributed by atoms with Crippen molar-refractivity contribution in [1.29, 1.82) is 0 Å². The fourth-order valence-corrected chi connectivity index (χ4v) is 3.73. The Bertz CT molecular complexity index is 712. The number of ether oxygens (including phenoxy) is 2. The summed E-state index contributed by atoms with van der Waals surface area (Å²) in [7, 11) is -0.794. The fraction of sp³-hybridized carbons (Fsp3) is 0.231. The number of nitrogens with one attached hydrogen (secondary N) is 1. The molecule has 0 saturated carbocycles. The van der Waals surface area contributed by atoms with Gasteiger partial charge in [0.2, 0.25) is 10.0 Å². The lowest BCUT2D eigenvalue weighted by Gasteiger charge is -2.12. The summed E-state index contributed by atoms with van der Waals surface area (Å²) in [4.78, 5) is 0.0618. The standard InChI is InChI=1S/C13H14BrNO5S/c1-18-11-6-10(14)13(7-12(11)19-2)21(16,17)15-8-9-4-3-5-20-9/h3-7,15H,8H2,1-2H3. The average molecular weight is 376 g/mol. The molecular weight excluding hydrogens is 362 g/mol. The summed E-state index contributed by atoms with van der Waals surface area (Å²) in [6.07, 6.45) is 1.48. The molecule has 0 spiro atoms. The van der Waals surface area contributed by atoms with E-state index in [4.69, 9.17) is 13.9 Å². The summed E-state index contributed by atoms with van der Waals surface area (Å²) in [5.41, 5.74) is 0. The predicted octanol–water partition coefficient (Wildman–Crippen LogP) is 2.54. The lowest BCUT2D eigenvalue weighted by atomic mass is 10.3. The van der Waals surface area contributed by atoms with Gasteiger partial charge in [0.05, 0.1) is 27.0 Å². The van der Waals surface area contributed by atoms with Crippen LogP contribution in [0.4, 0.5) is 0 Å². The Morgan fingerprint density at radius 2 is 1.90 bits per heavy atom. The summed E-state index contributed by atoms with van der Waals surface area (Å²) in [5.74, 6) is 1.30. The number of rotatable bonds is 6. The highest BCUT2D eigenvalue weighted by molar-refractivity contribution is 9.10. The molecule has 0 aliphatic carbocycles. The van der Waals surface area contributed by atoms with Gasteiger partial charge < -0.3 is 13.9 Å². The summed E-state index contributed by atoms with van der Waals surface area (Å²) < 4.78 is 42.8. The van der Waals surface area contributed by atoms with E-state index in [9.17, 15) is 8.42 Å². The third-order valence-corrected chi connectivity index (χ3v) is 5.10. The quantitative estimate of drug-likeness (QED) is 0.839. The van der Waals surface area contributed by atoms with E-state index in [-0.39, 0.29) is 11.4 Å². The topological polar surface area (TPSA) is 77.8 Å². The monoisotopic (exact) mass is 375 g/mol. The first-order valence-corrected chi connectivity index (χ1v) is 8.19. The van der Waals surface area contributed by atoms with Crippen molar-refractivity contribution in [3.63, 3.8) is 0 Å². The van der Waals surface area contributed by atoms with Gasteiger partial charge in [-0.2, -0.15) is 0 Å². The number of hydrogen-bond donors (Lipinski definition) is 1. The first-order chi connectivity index (χ1) is 9.97. The van der Waals surface area contributed by atoms with Gasteiger partial charge in [0.15, 0.2) is 11.5 Å². The summed E-state index contributed by atoms with van der Waals surface area (Å²) in [6.45, 7) is 0.0656. The molecule has 0 atom stereocenters. The van der Waals surface area contributed by atoms with E-state index in [0.29, 0.717) is 21.7 Å². The second-order valence-electron chi connectivity index (χ2n) is 4.04. The van der Waals surface area contributed by atoms with Crippen molar-refractivity contribution >= 4 is 26.0 Å². The molecule has 0 fully saturated rings. The van der Waals surface area contributed by atoms with Crippen molar-refractivity contribution in [1.82, 2.24) is 4.72 Å². The normalized spacial score (nSPS) is 11.4. The van der Waals surface area contributed by atoms with Crippen molar-refractivity contribution in [2.24, 2.45) is 0 Å². The third-order valence-electron chi connectivity index (χ3n) is 2.74. The zero-order chi connectivity index (χ0) is 15.5. The van der Waals surface area contributed by atoms with Crippen LogP contribution >= 0.6 is 15.9 Å². The highest BCUT2D eigenvalue weighted by Crippen LogP contribution is 2.35. The number of furan rings is 1. The Kier molecular flexibility index (Phi) is 4.92. The Morgan fingerprint density at radius 1 is 1.24 bits per heavy atom. The van der Waals surface area contributed by atoms with E-state index < -0.39 is 10.0 Å². The van der Waals surface area contributed by atoms with E-state index >= 15 is 0 Å². The van der Waals surface area contributed by atoms with Gasteiger partial charge in [-0.05, 0) is 34.1 Å². The highest BCUT2D eigenvalue weighted by Gasteiger charge is 2.21. The number of sulfonamides is 1. The van der Waals surface area contributed by atoms with Gasteiger partial charge in [0.25, 0.3) is 0 Å². The minimum Gasteiger partial charge on any atom is -0.493 e. The van der Waals surface area contributed by atoms with E-state index in [0.717, 1.165) is 0 Å². The smallest absolute Gasteiger partial charge is 0.242 e. The molecule has 0 amide bonds. The first kappa shape index (κ1) is 15.9. The van der Waals surface area contributed by atoms with Gasteiger partial charge in [-0.25, -0.2) is 13.1 Å². The van der Waals surface area contributed by atoms with Gasteiger partial charge >= 0.3 is 0 Å². The molecule has 0 radical (unpaired) electrons. The van der Waals surface area contributed by atoms with Crippen LogP contribution in [-0.2, 0) is 16.6 Å². The second-order valence-corrected chi connectivity index (χ2v) is 6.63. The van der Waals surface area contributed by atoms with Crippen LogP contribution in [0.1, 0.15) is 5.76 Å². The molecule has 0 aliphatic rings. The largest absolute Gasteiger partial charge is 0.493 e. The number of hydrogen-bond acceptors (Lipinski definition) is 5. The zero-order valence-electron chi connectivity index (χ0n) is 11.4. The molecule has 0 unspecified atom stereocenters. The molecule has 114 valence electrons. The Hall–Kier alpha value is -1.51. The molecule has 21 heavy (non-hydrogen) atoms. The summed E-state index contributed by atoms with van der Waals surface area (Å²) >= 11 is 3.23. The van der Waals surface area contributed by atoms with Crippen molar-refractivity contribution in [3.8, 4) is 11.5 Å². The molecule has 1 aromatic heterocycles. The van der Waals surface area contributed by atoms with Crippen LogP contribution < -0.4 is 14.2 Å². The minimum atomic E-state index is -3.72. The van der Waals surface area contributed by atoms with Crippen molar-refractivity contribution in [2.45, 2.75) is 11.4 Å². The molecule has 2 aromatic rings. The maximum atomic E-state index is 12.3. The molecule has 0 saturated heterocycles. The SMILES string of the molecule is COc1cc(Br)c(S(=O)(=O)NCc2ccco2)cc1OC. The van der Waals surface area contributed by atoms with Crippen LogP contribution in [0, 0.1) is 0 Å². The van der Waals surface area contributed by atoms with Gasteiger partial charge in [0, 0.05) is 10.5 Å². The van der Waals surface area contributed by atoms with Gasteiger partial charge in [-0.3, -0.25) is 0 Å². The third kappa shape index (κ3) is 3.58. The van der Waals surface area contributed by atoms with Crippen LogP contribution in [0.3, 0.4) is 0 Å². The molecule has 1 heterocycles. The molecule has 2 rings (SSSR count). The van der Waals surface area contributed by atoms with Gasteiger partial charge in [0.1, 0.15) is 10.7 Å². The van der Waals surface area contributed by atoms with E-state index in [1.807, 2.05) is 0 Å². The summed E-state index contributed by atoms with van der Waals surface area (Å²) in [5, 5.41) is 0. The molecule has 6 nitrogen and oxygen atoms in total. The average Bonchev–Trinajstić information content (AvgIpc) is 2.98. The van der Waals surface area contributed by atoms with Crippen LogP contribution in [0.2, 0.25) is 0 Å². The second kappa shape index (κ2) is 6.50. The Labute approximate surface area is 131 Å². The van der Waals surface area contributed by atoms with Crippen LogP contribution in [0.15, 0.2) is 44.3 Å². The molecule has 0 bridgehead atoms. The fourth-order valence-electron chi connectivity index (χ4n) is 1.70. The summed E-state index contributed by atoms with van der Waals surface area (Å²) in [6, 6.07) is 6.32. The first-order valence-electron chi connectivity index (χ1n) is 5.91. The molecule has 1 N–H and O–H groups in total. The maximum absolute atomic E-state index is 12.3. The number of methoxy groups -OCH3 is 2.